The van der Waals surface area contributed by atoms with Crippen LogP contribution in [0.3, 0.4) is 0 Å². The number of ether oxygens (including phenoxy) is 1. The molecule has 0 atom stereocenters. The quantitative estimate of drug-likeness (QED) is 0.873. The molecule has 0 radical (unpaired) electrons. The van der Waals surface area contributed by atoms with Gasteiger partial charge in [-0.15, -0.1) is 11.3 Å². The first-order valence-electron chi connectivity index (χ1n) is 9.51. The highest BCUT2D eigenvalue weighted by molar-refractivity contribution is 7.14. The average molecular weight is 388 g/mol. The molecule has 0 aliphatic carbocycles. The minimum atomic E-state index is -0.382. The summed E-state index contributed by atoms with van der Waals surface area (Å²) in [6.45, 7) is 4.63. The van der Waals surface area contributed by atoms with Gasteiger partial charge in [0.25, 0.3) is 11.8 Å². The van der Waals surface area contributed by atoms with E-state index in [-0.39, 0.29) is 17.4 Å². The van der Waals surface area contributed by atoms with Gasteiger partial charge in [-0.05, 0) is 43.0 Å². The summed E-state index contributed by atoms with van der Waals surface area (Å²) in [6.07, 6.45) is 4.76. The SMILES string of the molecule is CCCNC(=O)c1cc2c(s1)CCOC21CCN(C(=O)c2ccco2)CC1. The predicted octanol–water partition coefficient (Wildman–Crippen LogP) is 3.19. The number of likely N-dealkylation sites (tertiary alicyclic amines) is 1. The van der Waals surface area contributed by atoms with Crippen molar-refractivity contribution in [2.45, 2.75) is 38.2 Å². The fourth-order valence-electron chi connectivity index (χ4n) is 3.90. The van der Waals surface area contributed by atoms with Crippen molar-refractivity contribution in [3.05, 3.63) is 45.5 Å². The van der Waals surface area contributed by atoms with Gasteiger partial charge in [0.15, 0.2) is 5.76 Å². The van der Waals surface area contributed by atoms with E-state index in [9.17, 15) is 9.59 Å². The molecule has 0 aromatic carbocycles. The lowest BCUT2D eigenvalue weighted by Gasteiger charge is -2.43. The first-order valence-corrected chi connectivity index (χ1v) is 10.3. The monoisotopic (exact) mass is 388 g/mol. The number of carbonyl (C=O) groups is 2. The molecule has 0 saturated carbocycles. The van der Waals surface area contributed by atoms with Crippen LogP contribution in [0.5, 0.6) is 0 Å². The van der Waals surface area contributed by atoms with Gasteiger partial charge in [0.1, 0.15) is 0 Å². The number of nitrogens with zero attached hydrogens (tertiary/aromatic N) is 1. The maximum atomic E-state index is 12.5. The zero-order chi connectivity index (χ0) is 18.9. The molecule has 0 unspecified atom stereocenters. The molecule has 0 bridgehead atoms. The number of piperidine rings is 1. The third kappa shape index (κ3) is 3.41. The maximum Gasteiger partial charge on any atom is 0.289 e. The molecule has 6 nitrogen and oxygen atoms in total. The van der Waals surface area contributed by atoms with Gasteiger partial charge in [-0.2, -0.15) is 0 Å². The van der Waals surface area contributed by atoms with Gasteiger partial charge in [-0.3, -0.25) is 9.59 Å². The summed E-state index contributed by atoms with van der Waals surface area (Å²) in [5.41, 5.74) is 0.762. The molecule has 1 N–H and O–H groups in total. The number of carbonyl (C=O) groups excluding carboxylic acids is 2. The van der Waals surface area contributed by atoms with Crippen LogP contribution in [0.4, 0.5) is 0 Å². The molecule has 1 spiro atoms. The van der Waals surface area contributed by atoms with Crippen LogP contribution in [-0.4, -0.2) is 43.0 Å². The number of hydrogen-bond acceptors (Lipinski definition) is 5. The molecule has 2 amide bonds. The number of nitrogens with one attached hydrogen (secondary N) is 1. The number of rotatable bonds is 4. The third-order valence-electron chi connectivity index (χ3n) is 5.36. The zero-order valence-electron chi connectivity index (χ0n) is 15.5. The van der Waals surface area contributed by atoms with E-state index in [0.717, 1.165) is 36.1 Å². The summed E-state index contributed by atoms with van der Waals surface area (Å²) in [7, 11) is 0. The van der Waals surface area contributed by atoms with Crippen molar-refractivity contribution in [2.24, 2.45) is 0 Å². The van der Waals surface area contributed by atoms with E-state index in [2.05, 4.69) is 5.32 Å². The number of fused-ring (bicyclic) bond motifs is 2. The molecular weight excluding hydrogens is 364 g/mol. The second-order valence-electron chi connectivity index (χ2n) is 7.07. The smallest absolute Gasteiger partial charge is 0.289 e. The van der Waals surface area contributed by atoms with Crippen molar-refractivity contribution in [1.29, 1.82) is 0 Å². The van der Waals surface area contributed by atoms with Crippen LogP contribution >= 0.6 is 11.3 Å². The molecular formula is C20H24N2O4S. The van der Waals surface area contributed by atoms with Crippen LogP contribution < -0.4 is 5.32 Å². The lowest BCUT2D eigenvalue weighted by atomic mass is 9.82. The van der Waals surface area contributed by atoms with Crippen molar-refractivity contribution in [2.75, 3.05) is 26.2 Å². The number of amides is 2. The Hall–Kier alpha value is -2.12. The van der Waals surface area contributed by atoms with Crippen LogP contribution in [-0.2, 0) is 16.8 Å². The summed E-state index contributed by atoms with van der Waals surface area (Å²) in [5.74, 6) is 0.300. The molecule has 7 heteroatoms. The van der Waals surface area contributed by atoms with Crippen molar-refractivity contribution in [3.63, 3.8) is 0 Å². The molecule has 2 aliphatic heterocycles. The Morgan fingerprint density at radius 3 is 2.85 bits per heavy atom. The van der Waals surface area contributed by atoms with Crippen LogP contribution in [0.1, 0.15) is 56.9 Å². The van der Waals surface area contributed by atoms with Crippen LogP contribution in [0.25, 0.3) is 0 Å². The van der Waals surface area contributed by atoms with Gasteiger partial charge in [0, 0.05) is 30.9 Å². The number of furan rings is 1. The summed E-state index contributed by atoms with van der Waals surface area (Å²) in [6, 6.07) is 5.43. The standard InChI is InChI=1S/C20H24N2O4S/c1-2-8-21-18(23)17-13-14-16(27-17)5-12-26-20(14)6-9-22(10-7-20)19(24)15-4-3-11-25-15/h3-4,11,13H,2,5-10,12H2,1H3,(H,21,23). The molecule has 1 saturated heterocycles. The topological polar surface area (TPSA) is 71.8 Å². The van der Waals surface area contributed by atoms with Crippen molar-refractivity contribution in [3.8, 4) is 0 Å². The fraction of sp³-hybridized carbons (Fsp3) is 0.500. The van der Waals surface area contributed by atoms with E-state index in [1.165, 1.54) is 11.1 Å². The van der Waals surface area contributed by atoms with E-state index in [0.29, 0.717) is 32.0 Å². The molecule has 4 rings (SSSR count). The Bertz CT molecular complexity index is 819. The third-order valence-corrected chi connectivity index (χ3v) is 6.55. The Labute approximate surface area is 162 Å². The second-order valence-corrected chi connectivity index (χ2v) is 8.20. The van der Waals surface area contributed by atoms with Crippen LogP contribution in [0.2, 0.25) is 0 Å². The summed E-state index contributed by atoms with van der Waals surface area (Å²) >= 11 is 1.58. The van der Waals surface area contributed by atoms with Gasteiger partial charge in [0.2, 0.25) is 0 Å². The molecule has 144 valence electrons. The molecule has 1 fully saturated rings. The average Bonchev–Trinajstić information content (AvgIpc) is 3.37. The largest absolute Gasteiger partial charge is 0.459 e. The summed E-state index contributed by atoms with van der Waals surface area (Å²) in [5, 5.41) is 2.95. The minimum Gasteiger partial charge on any atom is -0.459 e. The van der Waals surface area contributed by atoms with E-state index in [1.807, 2.05) is 17.9 Å². The summed E-state index contributed by atoms with van der Waals surface area (Å²) < 4.78 is 11.5. The maximum absolute atomic E-state index is 12.5. The normalized spacial score (nSPS) is 18.3. The lowest BCUT2D eigenvalue weighted by Crippen LogP contribution is -2.48. The second kappa shape index (κ2) is 7.48. The Kier molecular flexibility index (Phi) is 5.06. The van der Waals surface area contributed by atoms with Gasteiger partial charge >= 0.3 is 0 Å². The minimum absolute atomic E-state index is 0.00293. The fourth-order valence-corrected chi connectivity index (χ4v) is 5.04. The van der Waals surface area contributed by atoms with Crippen molar-refractivity contribution < 1.29 is 18.7 Å². The van der Waals surface area contributed by atoms with E-state index < -0.39 is 0 Å². The van der Waals surface area contributed by atoms with Gasteiger partial charge in [0.05, 0.1) is 23.3 Å². The molecule has 27 heavy (non-hydrogen) atoms. The molecule has 4 heterocycles. The van der Waals surface area contributed by atoms with Gasteiger partial charge in [-0.1, -0.05) is 6.92 Å². The van der Waals surface area contributed by atoms with E-state index >= 15 is 0 Å². The first kappa shape index (κ1) is 18.3. The molecule has 2 aromatic rings. The van der Waals surface area contributed by atoms with Gasteiger partial charge < -0.3 is 19.4 Å². The number of thiophene rings is 1. The van der Waals surface area contributed by atoms with E-state index in [4.69, 9.17) is 9.15 Å². The predicted molar refractivity (Wildman–Crippen MR) is 102 cm³/mol. The van der Waals surface area contributed by atoms with Crippen molar-refractivity contribution in [1.82, 2.24) is 10.2 Å². The highest BCUT2D eigenvalue weighted by Gasteiger charge is 2.43. The lowest BCUT2D eigenvalue weighted by molar-refractivity contribution is -0.0928. The Morgan fingerprint density at radius 1 is 1.33 bits per heavy atom. The van der Waals surface area contributed by atoms with Crippen molar-refractivity contribution >= 4 is 23.2 Å². The highest BCUT2D eigenvalue weighted by atomic mass is 32.1. The Balaban J connectivity index is 1.50. The Morgan fingerprint density at radius 2 is 2.15 bits per heavy atom. The highest BCUT2D eigenvalue weighted by Crippen LogP contribution is 2.44. The molecule has 2 aliphatic rings. The van der Waals surface area contributed by atoms with Gasteiger partial charge in [-0.25, -0.2) is 0 Å². The number of hydrogen-bond donors (Lipinski definition) is 1. The first-order chi connectivity index (χ1) is 13.1. The van der Waals surface area contributed by atoms with E-state index in [1.54, 1.807) is 23.5 Å². The van der Waals surface area contributed by atoms with Crippen LogP contribution in [0.15, 0.2) is 28.9 Å². The summed E-state index contributed by atoms with van der Waals surface area (Å²) in [4.78, 5) is 28.7. The molecule has 2 aromatic heterocycles. The van der Waals surface area contributed by atoms with Crippen LogP contribution in [0, 0.1) is 0 Å². The zero-order valence-corrected chi connectivity index (χ0v) is 16.3.